The summed E-state index contributed by atoms with van der Waals surface area (Å²) in [5.74, 6) is 4.95. The molecule has 0 saturated carbocycles. The van der Waals surface area contributed by atoms with Gasteiger partial charge in [0.25, 0.3) is 0 Å². The molecule has 0 bridgehead atoms. The first kappa shape index (κ1) is 36.0. The second-order valence-electron chi connectivity index (χ2n) is 17.3. The molecule has 9 rings (SSSR count). The lowest BCUT2D eigenvalue weighted by molar-refractivity contribution is 0.257. The average Bonchev–Trinajstić information content (AvgIpc) is 3.57. The number of rotatable bonds is 8. The molecule has 1 aromatic rings. The van der Waals surface area contributed by atoms with Crippen molar-refractivity contribution in [1.29, 1.82) is 0 Å². The summed E-state index contributed by atoms with van der Waals surface area (Å²) in [6, 6.07) is 11.2. The molecule has 2 nitrogen and oxygen atoms in total. The lowest BCUT2D eigenvalue weighted by atomic mass is 9.63. The number of benzene rings is 1. The Kier molecular flexibility index (Phi) is 10.4. The van der Waals surface area contributed by atoms with Crippen molar-refractivity contribution in [3.63, 3.8) is 0 Å². The van der Waals surface area contributed by atoms with E-state index >= 15 is 0 Å². The fraction of sp³-hybridized carbons (Fsp3) is 0.358. The van der Waals surface area contributed by atoms with E-state index in [0.29, 0.717) is 59.2 Å². The number of hydrogen-bond donors (Lipinski definition) is 1. The molecule has 2 heteroatoms. The first-order valence-corrected chi connectivity index (χ1v) is 21.3. The number of fused-ring (bicyclic) bond motifs is 5. The van der Waals surface area contributed by atoms with Crippen LogP contribution in [0.3, 0.4) is 0 Å². The monoisotopic (exact) mass is 722 g/mol. The highest BCUT2D eigenvalue weighted by atomic mass is 15.2. The average molecular weight is 723 g/mol. The minimum Gasteiger partial charge on any atom is -0.321 e. The topological polar surface area (TPSA) is 29.3 Å². The van der Waals surface area contributed by atoms with Crippen LogP contribution in [0.1, 0.15) is 63.9 Å². The molecule has 1 fully saturated rings. The van der Waals surface area contributed by atoms with Crippen LogP contribution in [-0.2, 0) is 0 Å². The lowest BCUT2D eigenvalue weighted by Gasteiger charge is -2.40. The van der Waals surface area contributed by atoms with Gasteiger partial charge in [0.1, 0.15) is 0 Å². The molecule has 1 aliphatic heterocycles. The summed E-state index contributed by atoms with van der Waals surface area (Å²) in [6.45, 7) is 4.56. The summed E-state index contributed by atoms with van der Waals surface area (Å²) in [6.07, 6.45) is 59.1. The summed E-state index contributed by atoms with van der Waals surface area (Å²) in [4.78, 5) is 2.73. The van der Waals surface area contributed by atoms with Crippen LogP contribution in [0.15, 0.2) is 198 Å². The summed E-state index contributed by atoms with van der Waals surface area (Å²) in [5, 5.41) is 0. The number of nitrogens with two attached hydrogens (primary N) is 1. The predicted octanol–water partition coefficient (Wildman–Crippen LogP) is 12.3. The zero-order valence-corrected chi connectivity index (χ0v) is 32.7. The Balaban J connectivity index is 1.05. The first-order valence-electron chi connectivity index (χ1n) is 21.3. The van der Waals surface area contributed by atoms with Crippen molar-refractivity contribution in [3.05, 3.63) is 203 Å². The number of hydrogen-bond acceptors (Lipinski definition) is 2. The predicted molar refractivity (Wildman–Crippen MR) is 231 cm³/mol. The maximum atomic E-state index is 6.66. The van der Waals surface area contributed by atoms with E-state index in [4.69, 9.17) is 5.73 Å². The van der Waals surface area contributed by atoms with E-state index in [0.717, 1.165) is 32.1 Å². The van der Waals surface area contributed by atoms with E-state index in [-0.39, 0.29) is 6.04 Å². The number of likely N-dealkylation sites (tertiary alicyclic amines) is 1. The molecular formula is C53H58N2. The van der Waals surface area contributed by atoms with Gasteiger partial charge in [0, 0.05) is 46.8 Å². The van der Waals surface area contributed by atoms with E-state index in [2.05, 4.69) is 183 Å². The summed E-state index contributed by atoms with van der Waals surface area (Å²) >= 11 is 0. The Hall–Kier alpha value is -4.66. The van der Waals surface area contributed by atoms with Gasteiger partial charge in [-0.2, -0.15) is 0 Å². The molecule has 1 heterocycles. The normalized spacial score (nSPS) is 35.4. The Labute approximate surface area is 330 Å². The van der Waals surface area contributed by atoms with Crippen LogP contribution < -0.4 is 5.73 Å². The van der Waals surface area contributed by atoms with E-state index in [1.807, 2.05) is 0 Å². The van der Waals surface area contributed by atoms with Crippen molar-refractivity contribution < 1.29 is 0 Å². The Morgan fingerprint density at radius 3 is 2.47 bits per heavy atom. The molecule has 2 N–H and O–H groups in total. The molecule has 11 atom stereocenters. The highest BCUT2D eigenvalue weighted by molar-refractivity contribution is 5.52. The molecular weight excluding hydrogens is 665 g/mol. The van der Waals surface area contributed by atoms with Gasteiger partial charge in [-0.15, -0.1) is 0 Å². The van der Waals surface area contributed by atoms with E-state index in [9.17, 15) is 0 Å². The van der Waals surface area contributed by atoms with E-state index in [1.165, 1.54) is 40.2 Å². The van der Waals surface area contributed by atoms with Crippen molar-refractivity contribution in [3.8, 4) is 0 Å². The van der Waals surface area contributed by atoms with Gasteiger partial charge >= 0.3 is 0 Å². The van der Waals surface area contributed by atoms with E-state index < -0.39 is 0 Å². The molecule has 280 valence electrons. The van der Waals surface area contributed by atoms with Crippen LogP contribution in [0.4, 0.5) is 0 Å². The van der Waals surface area contributed by atoms with E-state index in [1.54, 1.807) is 5.57 Å². The highest BCUT2D eigenvalue weighted by Gasteiger charge is 2.51. The Bertz CT molecular complexity index is 2060. The van der Waals surface area contributed by atoms with Crippen LogP contribution in [0.2, 0.25) is 0 Å². The molecule has 0 spiro atoms. The van der Waals surface area contributed by atoms with Crippen LogP contribution in [0, 0.1) is 53.3 Å². The standard InChI is InChI=1S/C53H58N2/c1-36-26-27-42(30-37(36)2)50(54)25-15-12-20-41-35-52-53(48-24-14-13-23-47(41)48)49-29-28-40(34-51(49)55(52)46-21-10-5-11-22-46)45-32-43(38-16-6-3-7-17-38)31-44(33-45)39-18-8-4-9-19-39/h3-10,12-18,20-21,23-28,30,32,34-37,39,41,43-44,47-50,53H,11,19,22,29,31,33,54H2,1-2H3/b20-12+,25-15-. The van der Waals surface area contributed by atoms with Crippen LogP contribution in [0.5, 0.6) is 0 Å². The van der Waals surface area contributed by atoms with Crippen molar-refractivity contribution in [2.75, 3.05) is 0 Å². The zero-order valence-electron chi connectivity index (χ0n) is 32.7. The maximum absolute atomic E-state index is 6.66. The maximum Gasteiger partial charge on any atom is 0.0481 e. The lowest BCUT2D eigenvalue weighted by Crippen LogP contribution is -2.35. The summed E-state index contributed by atoms with van der Waals surface area (Å²) in [5.41, 5.74) is 16.8. The molecule has 0 radical (unpaired) electrons. The molecule has 0 aromatic heterocycles. The smallest absolute Gasteiger partial charge is 0.0481 e. The van der Waals surface area contributed by atoms with Gasteiger partial charge in [-0.3, -0.25) is 0 Å². The van der Waals surface area contributed by atoms with Crippen molar-refractivity contribution in [2.45, 2.75) is 64.3 Å². The second kappa shape index (κ2) is 15.8. The van der Waals surface area contributed by atoms with Crippen LogP contribution in [0.25, 0.3) is 0 Å². The quantitative estimate of drug-likeness (QED) is 0.271. The highest BCUT2D eigenvalue weighted by Crippen LogP contribution is 2.58. The van der Waals surface area contributed by atoms with Gasteiger partial charge in [0.15, 0.2) is 0 Å². The minimum atomic E-state index is -0.0860. The third kappa shape index (κ3) is 7.27. The van der Waals surface area contributed by atoms with Gasteiger partial charge < -0.3 is 10.6 Å². The second-order valence-corrected chi connectivity index (χ2v) is 17.3. The number of nitrogens with zero attached hydrogens (tertiary/aromatic N) is 1. The fourth-order valence-corrected chi connectivity index (χ4v) is 10.8. The largest absolute Gasteiger partial charge is 0.321 e. The van der Waals surface area contributed by atoms with Gasteiger partial charge in [0.2, 0.25) is 0 Å². The molecule has 8 aliphatic rings. The summed E-state index contributed by atoms with van der Waals surface area (Å²) < 4.78 is 0. The first-order chi connectivity index (χ1) is 27.0. The number of allylic oxidation sites excluding steroid dienone is 25. The van der Waals surface area contributed by atoms with Gasteiger partial charge in [-0.25, -0.2) is 0 Å². The van der Waals surface area contributed by atoms with Crippen molar-refractivity contribution in [1.82, 2.24) is 4.90 Å². The fourth-order valence-electron chi connectivity index (χ4n) is 10.8. The Morgan fingerprint density at radius 2 is 1.67 bits per heavy atom. The van der Waals surface area contributed by atoms with Crippen LogP contribution in [-0.4, -0.2) is 10.9 Å². The van der Waals surface area contributed by atoms with Crippen molar-refractivity contribution in [2.24, 2.45) is 59.0 Å². The Morgan fingerprint density at radius 1 is 0.818 bits per heavy atom. The van der Waals surface area contributed by atoms with Gasteiger partial charge in [-0.1, -0.05) is 166 Å². The molecule has 1 aromatic carbocycles. The third-order valence-electron chi connectivity index (χ3n) is 14.0. The summed E-state index contributed by atoms with van der Waals surface area (Å²) in [7, 11) is 0. The minimum absolute atomic E-state index is 0.0860. The molecule has 11 unspecified atom stereocenters. The van der Waals surface area contributed by atoms with Crippen LogP contribution >= 0.6 is 0 Å². The SMILES string of the molecule is CC1C=CC(C(N)/C=C\C=C\C2C=C3C(C4CC=C(C5=CC(c6ccccc6)CC(C6C=CC=CC6)C5)C=C4N3C3=CC=CCC3)C3C=CC=CC23)=CC1C. The van der Waals surface area contributed by atoms with Gasteiger partial charge in [0.05, 0.1) is 0 Å². The molecule has 1 saturated heterocycles. The van der Waals surface area contributed by atoms with Crippen molar-refractivity contribution >= 4 is 0 Å². The molecule has 0 amide bonds. The molecule has 7 aliphatic carbocycles. The van der Waals surface area contributed by atoms with Gasteiger partial charge in [-0.05, 0) is 108 Å². The molecule has 55 heavy (non-hydrogen) atoms. The zero-order chi connectivity index (χ0) is 37.3. The third-order valence-corrected chi connectivity index (χ3v) is 14.0.